The first kappa shape index (κ1) is 9.74. The van der Waals surface area contributed by atoms with E-state index in [1.54, 1.807) is 0 Å². The smallest absolute Gasteiger partial charge is 0.104 e. The maximum Gasteiger partial charge on any atom is 0.104 e. The minimum atomic E-state index is -0.438. The number of nitrogens with zero attached hydrogens (tertiary/aromatic N) is 1. The first-order chi connectivity index (χ1) is 6.74. The molecule has 0 radical (unpaired) electrons. The van der Waals surface area contributed by atoms with Crippen LogP contribution in [0.1, 0.15) is 11.8 Å². The number of halogens is 1. The Morgan fingerprint density at radius 1 is 1.43 bits per heavy atom. The van der Waals surface area contributed by atoms with Gasteiger partial charge in [0.2, 0.25) is 0 Å². The van der Waals surface area contributed by atoms with E-state index in [1.165, 1.54) is 5.39 Å². The predicted octanol–water partition coefficient (Wildman–Crippen LogP) is 2.61. The Bertz CT molecular complexity index is 449. The molecule has 1 aromatic heterocycles. The average Bonchev–Trinajstić information content (AvgIpc) is 2.56. The number of hydrogen-bond acceptors (Lipinski definition) is 1. The van der Waals surface area contributed by atoms with Crippen molar-refractivity contribution in [2.45, 2.75) is 6.10 Å². The second-order valence-corrected chi connectivity index (χ2v) is 4.00. The summed E-state index contributed by atoms with van der Waals surface area (Å²) in [6.45, 7) is 0. The van der Waals surface area contributed by atoms with E-state index in [1.807, 2.05) is 29.8 Å². The Balaban J connectivity index is 2.62. The van der Waals surface area contributed by atoms with Gasteiger partial charge in [-0.3, -0.25) is 0 Å². The Hall–Kier alpha value is -0.800. The molecule has 2 aromatic rings. The summed E-state index contributed by atoms with van der Waals surface area (Å²) in [5.74, 6) is 0. The van der Waals surface area contributed by atoms with Crippen LogP contribution in [0.2, 0.25) is 0 Å². The first-order valence-corrected chi connectivity index (χ1v) is 5.64. The van der Waals surface area contributed by atoms with Crippen LogP contribution in [0.15, 0.2) is 30.3 Å². The second-order valence-electron chi connectivity index (χ2n) is 3.36. The summed E-state index contributed by atoms with van der Waals surface area (Å²) in [6.07, 6.45) is -0.438. The van der Waals surface area contributed by atoms with Gasteiger partial charge in [0, 0.05) is 23.6 Å². The van der Waals surface area contributed by atoms with Crippen molar-refractivity contribution in [2.75, 3.05) is 5.33 Å². The van der Waals surface area contributed by atoms with Gasteiger partial charge in [-0.15, -0.1) is 0 Å². The molecule has 1 heterocycles. The van der Waals surface area contributed by atoms with Crippen LogP contribution in [-0.2, 0) is 7.05 Å². The van der Waals surface area contributed by atoms with Gasteiger partial charge in [-0.2, -0.15) is 0 Å². The van der Waals surface area contributed by atoms with E-state index in [-0.39, 0.29) is 0 Å². The molecule has 74 valence electrons. The van der Waals surface area contributed by atoms with Crippen LogP contribution in [0.25, 0.3) is 10.9 Å². The number of para-hydroxylation sites is 1. The van der Waals surface area contributed by atoms with Crippen LogP contribution < -0.4 is 0 Å². The predicted molar refractivity (Wildman–Crippen MR) is 61.7 cm³/mol. The van der Waals surface area contributed by atoms with Crippen molar-refractivity contribution in [3.63, 3.8) is 0 Å². The van der Waals surface area contributed by atoms with Crippen molar-refractivity contribution >= 4 is 26.8 Å². The summed E-state index contributed by atoms with van der Waals surface area (Å²) in [4.78, 5) is 0. The first-order valence-electron chi connectivity index (χ1n) is 4.52. The van der Waals surface area contributed by atoms with E-state index in [2.05, 4.69) is 28.1 Å². The van der Waals surface area contributed by atoms with Crippen molar-refractivity contribution in [3.05, 3.63) is 36.0 Å². The molecule has 0 aliphatic carbocycles. The van der Waals surface area contributed by atoms with Gasteiger partial charge in [0.15, 0.2) is 0 Å². The molecule has 0 saturated carbocycles. The molecule has 0 aliphatic rings. The lowest BCUT2D eigenvalue weighted by Gasteiger charge is -2.08. The van der Waals surface area contributed by atoms with Gasteiger partial charge in [0.25, 0.3) is 0 Å². The van der Waals surface area contributed by atoms with Crippen molar-refractivity contribution in [3.8, 4) is 0 Å². The SMILES string of the molecule is Cn1c(C(O)CBr)cc2ccccc21. The fourth-order valence-corrected chi connectivity index (χ4v) is 2.04. The molecule has 1 aromatic carbocycles. The minimum absolute atomic E-state index is 0.438. The summed E-state index contributed by atoms with van der Waals surface area (Å²) < 4.78 is 2.03. The summed E-state index contributed by atoms with van der Waals surface area (Å²) in [6, 6.07) is 10.2. The molecule has 0 bridgehead atoms. The molecule has 2 nitrogen and oxygen atoms in total. The number of aliphatic hydroxyl groups is 1. The zero-order valence-corrected chi connectivity index (χ0v) is 9.53. The van der Waals surface area contributed by atoms with Crippen molar-refractivity contribution in [1.82, 2.24) is 4.57 Å². The lowest BCUT2D eigenvalue weighted by molar-refractivity contribution is 0.197. The van der Waals surface area contributed by atoms with Crippen molar-refractivity contribution in [1.29, 1.82) is 0 Å². The molecule has 1 atom stereocenters. The molecule has 2 rings (SSSR count). The summed E-state index contributed by atoms with van der Waals surface area (Å²) in [5.41, 5.74) is 2.10. The maximum atomic E-state index is 9.74. The number of aliphatic hydroxyl groups excluding tert-OH is 1. The maximum absolute atomic E-state index is 9.74. The van der Waals surface area contributed by atoms with E-state index in [4.69, 9.17) is 0 Å². The average molecular weight is 254 g/mol. The highest BCUT2D eigenvalue weighted by atomic mass is 79.9. The van der Waals surface area contributed by atoms with Gasteiger partial charge in [0.05, 0.1) is 0 Å². The third kappa shape index (κ3) is 1.47. The van der Waals surface area contributed by atoms with Crippen LogP contribution >= 0.6 is 15.9 Å². The van der Waals surface area contributed by atoms with E-state index in [9.17, 15) is 5.11 Å². The Kier molecular flexibility index (Phi) is 2.61. The van der Waals surface area contributed by atoms with Crippen LogP contribution in [-0.4, -0.2) is 15.0 Å². The standard InChI is InChI=1S/C11H12BrNO/c1-13-9-5-3-2-4-8(9)6-10(13)11(14)7-12/h2-6,11,14H,7H2,1H3. The third-order valence-electron chi connectivity index (χ3n) is 2.48. The Morgan fingerprint density at radius 3 is 2.79 bits per heavy atom. The van der Waals surface area contributed by atoms with Crippen LogP contribution in [0.5, 0.6) is 0 Å². The van der Waals surface area contributed by atoms with Crippen LogP contribution in [0, 0.1) is 0 Å². The summed E-state index contributed by atoms with van der Waals surface area (Å²) in [5, 5.41) is 11.5. The highest BCUT2D eigenvalue weighted by molar-refractivity contribution is 9.09. The zero-order chi connectivity index (χ0) is 10.1. The number of aryl methyl sites for hydroxylation is 1. The van der Waals surface area contributed by atoms with Crippen molar-refractivity contribution < 1.29 is 5.11 Å². The number of alkyl halides is 1. The Morgan fingerprint density at radius 2 is 2.14 bits per heavy atom. The van der Waals surface area contributed by atoms with Gasteiger partial charge in [-0.1, -0.05) is 34.1 Å². The number of benzene rings is 1. The van der Waals surface area contributed by atoms with Gasteiger partial charge >= 0.3 is 0 Å². The molecule has 1 unspecified atom stereocenters. The number of fused-ring (bicyclic) bond motifs is 1. The Labute approximate surface area is 91.3 Å². The molecule has 3 heteroatoms. The molecular formula is C11H12BrNO. The topological polar surface area (TPSA) is 25.2 Å². The summed E-state index contributed by atoms with van der Waals surface area (Å²) >= 11 is 3.28. The van der Waals surface area contributed by atoms with E-state index in [0.29, 0.717) is 5.33 Å². The molecule has 0 spiro atoms. The normalized spacial score (nSPS) is 13.4. The monoisotopic (exact) mass is 253 g/mol. The second kappa shape index (κ2) is 3.75. The number of hydrogen-bond donors (Lipinski definition) is 1. The lowest BCUT2D eigenvalue weighted by Crippen LogP contribution is -2.04. The fraction of sp³-hybridized carbons (Fsp3) is 0.273. The van der Waals surface area contributed by atoms with Crippen molar-refractivity contribution in [2.24, 2.45) is 7.05 Å². The van der Waals surface area contributed by atoms with Gasteiger partial charge < -0.3 is 9.67 Å². The molecule has 14 heavy (non-hydrogen) atoms. The quantitative estimate of drug-likeness (QED) is 0.819. The van der Waals surface area contributed by atoms with Crippen LogP contribution in [0.3, 0.4) is 0 Å². The van der Waals surface area contributed by atoms with E-state index < -0.39 is 6.10 Å². The van der Waals surface area contributed by atoms with Gasteiger partial charge in [0.1, 0.15) is 6.10 Å². The molecule has 0 saturated heterocycles. The van der Waals surface area contributed by atoms with Gasteiger partial charge in [-0.05, 0) is 17.5 Å². The molecule has 0 amide bonds. The number of aromatic nitrogens is 1. The highest BCUT2D eigenvalue weighted by Gasteiger charge is 2.11. The largest absolute Gasteiger partial charge is 0.386 e. The number of rotatable bonds is 2. The van der Waals surface area contributed by atoms with E-state index in [0.717, 1.165) is 11.2 Å². The molecule has 0 aliphatic heterocycles. The summed E-state index contributed by atoms with van der Waals surface area (Å²) in [7, 11) is 1.98. The molecular weight excluding hydrogens is 242 g/mol. The third-order valence-corrected chi connectivity index (χ3v) is 3.09. The zero-order valence-electron chi connectivity index (χ0n) is 7.94. The fourth-order valence-electron chi connectivity index (χ4n) is 1.71. The minimum Gasteiger partial charge on any atom is -0.386 e. The lowest BCUT2D eigenvalue weighted by atomic mass is 10.2. The van der Waals surface area contributed by atoms with E-state index >= 15 is 0 Å². The highest BCUT2D eigenvalue weighted by Crippen LogP contribution is 2.23. The van der Waals surface area contributed by atoms with Crippen LogP contribution in [0.4, 0.5) is 0 Å². The molecule has 1 N–H and O–H groups in total. The molecule has 0 fully saturated rings. The van der Waals surface area contributed by atoms with Gasteiger partial charge in [-0.25, -0.2) is 0 Å².